The number of nitrogens with one attached hydrogen (secondary N) is 1. The van der Waals surface area contributed by atoms with Crippen molar-refractivity contribution in [3.63, 3.8) is 0 Å². The van der Waals surface area contributed by atoms with Gasteiger partial charge < -0.3 is 4.74 Å². The molecule has 0 spiro atoms. The van der Waals surface area contributed by atoms with Crippen molar-refractivity contribution in [2.75, 3.05) is 7.05 Å². The third-order valence-corrected chi connectivity index (χ3v) is 2.88. The monoisotopic (exact) mass is 239 g/mol. The second-order valence-electron chi connectivity index (χ2n) is 3.97. The van der Waals surface area contributed by atoms with Crippen LogP contribution in [-0.2, 0) is 5.72 Å². The van der Waals surface area contributed by atoms with E-state index in [1.807, 2.05) is 67.7 Å². The summed E-state index contributed by atoms with van der Waals surface area (Å²) in [4.78, 5) is 0. The number of rotatable bonds is 5. The fourth-order valence-corrected chi connectivity index (χ4v) is 1.88. The molecule has 0 fully saturated rings. The molecule has 0 heterocycles. The minimum absolute atomic E-state index is 0.706. The van der Waals surface area contributed by atoms with Crippen LogP contribution in [0.4, 0.5) is 0 Å². The lowest BCUT2D eigenvalue weighted by atomic mass is 10.0. The van der Waals surface area contributed by atoms with Crippen LogP contribution in [0.15, 0.2) is 73.3 Å². The zero-order valence-corrected chi connectivity index (χ0v) is 10.5. The van der Waals surface area contributed by atoms with Gasteiger partial charge in [-0.15, -0.1) is 0 Å². The second kappa shape index (κ2) is 5.52. The fraction of sp³-hybridized carbons (Fsp3) is 0.125. The van der Waals surface area contributed by atoms with Crippen molar-refractivity contribution in [3.05, 3.63) is 78.9 Å². The van der Waals surface area contributed by atoms with Crippen LogP contribution in [0.25, 0.3) is 0 Å². The molecule has 0 amide bonds. The lowest BCUT2D eigenvalue weighted by Crippen LogP contribution is -2.43. The van der Waals surface area contributed by atoms with E-state index < -0.39 is 5.72 Å². The smallest absolute Gasteiger partial charge is 0.206 e. The molecule has 0 aliphatic carbocycles. The number of hydrogen-bond donors (Lipinski definition) is 1. The first-order chi connectivity index (χ1) is 8.80. The lowest BCUT2D eigenvalue weighted by molar-refractivity contribution is 0.0897. The maximum Gasteiger partial charge on any atom is 0.206 e. The summed E-state index contributed by atoms with van der Waals surface area (Å²) >= 11 is 0. The average Bonchev–Trinajstić information content (AvgIpc) is 2.47. The van der Waals surface area contributed by atoms with Crippen LogP contribution in [-0.4, -0.2) is 7.05 Å². The molecule has 0 radical (unpaired) electrons. The second-order valence-corrected chi connectivity index (χ2v) is 3.97. The molecule has 1 unspecified atom stereocenters. The third-order valence-electron chi connectivity index (χ3n) is 2.88. The molecule has 1 N–H and O–H groups in total. The Labute approximate surface area is 108 Å². The Morgan fingerprint density at radius 3 is 2.06 bits per heavy atom. The molecule has 1 atom stereocenters. The molecule has 0 saturated heterocycles. The van der Waals surface area contributed by atoms with Gasteiger partial charge in [-0.25, -0.2) is 0 Å². The van der Waals surface area contributed by atoms with Gasteiger partial charge >= 0.3 is 0 Å². The Balaban J connectivity index is 2.36. The van der Waals surface area contributed by atoms with Crippen LogP contribution in [0.1, 0.15) is 5.56 Å². The van der Waals surface area contributed by atoms with E-state index in [1.165, 1.54) is 0 Å². The molecule has 0 saturated carbocycles. The van der Waals surface area contributed by atoms with Gasteiger partial charge in [0.2, 0.25) is 5.72 Å². The topological polar surface area (TPSA) is 21.3 Å². The summed E-state index contributed by atoms with van der Waals surface area (Å²) in [5, 5.41) is 3.19. The molecule has 2 aromatic carbocycles. The molecule has 2 rings (SSSR count). The SMILES string of the molecule is C=CC(NC)(Oc1ccccc1)c1ccccc1. The van der Waals surface area contributed by atoms with Gasteiger partial charge in [0.1, 0.15) is 5.75 Å². The van der Waals surface area contributed by atoms with Crippen molar-refractivity contribution < 1.29 is 4.74 Å². The molecule has 0 aromatic heterocycles. The van der Waals surface area contributed by atoms with Gasteiger partial charge in [0, 0.05) is 5.56 Å². The summed E-state index contributed by atoms with van der Waals surface area (Å²) < 4.78 is 6.06. The highest BCUT2D eigenvalue weighted by Gasteiger charge is 2.28. The van der Waals surface area contributed by atoms with Crippen molar-refractivity contribution in [1.82, 2.24) is 5.32 Å². The molecule has 18 heavy (non-hydrogen) atoms. The Morgan fingerprint density at radius 1 is 1.00 bits per heavy atom. The summed E-state index contributed by atoms with van der Waals surface area (Å²) in [6.45, 7) is 3.89. The van der Waals surface area contributed by atoms with Crippen molar-refractivity contribution in [2.45, 2.75) is 5.72 Å². The predicted molar refractivity (Wildman–Crippen MR) is 74.4 cm³/mol. The first-order valence-electron chi connectivity index (χ1n) is 5.93. The van der Waals surface area contributed by atoms with Crippen LogP contribution in [0.3, 0.4) is 0 Å². The van der Waals surface area contributed by atoms with Crippen LogP contribution < -0.4 is 10.1 Å². The Kier molecular flexibility index (Phi) is 3.80. The van der Waals surface area contributed by atoms with Crippen molar-refractivity contribution in [3.8, 4) is 5.75 Å². The summed E-state index contributed by atoms with van der Waals surface area (Å²) in [6.07, 6.45) is 1.77. The van der Waals surface area contributed by atoms with E-state index in [4.69, 9.17) is 4.74 Å². The number of benzene rings is 2. The molecule has 2 aromatic rings. The molecular weight excluding hydrogens is 222 g/mol. The van der Waals surface area contributed by atoms with E-state index in [-0.39, 0.29) is 0 Å². The Bertz CT molecular complexity index is 495. The highest BCUT2D eigenvalue weighted by Crippen LogP contribution is 2.26. The summed E-state index contributed by atoms with van der Waals surface area (Å²) in [5.41, 5.74) is 0.314. The first kappa shape index (κ1) is 12.4. The average molecular weight is 239 g/mol. The quantitative estimate of drug-likeness (QED) is 0.638. The molecule has 0 bridgehead atoms. The summed E-state index contributed by atoms with van der Waals surface area (Å²) in [5.74, 6) is 0.801. The van der Waals surface area contributed by atoms with Gasteiger partial charge in [-0.2, -0.15) is 0 Å². The van der Waals surface area contributed by atoms with Gasteiger partial charge in [0.15, 0.2) is 0 Å². The van der Waals surface area contributed by atoms with Crippen molar-refractivity contribution in [1.29, 1.82) is 0 Å². The van der Waals surface area contributed by atoms with Crippen molar-refractivity contribution >= 4 is 0 Å². The zero-order valence-electron chi connectivity index (χ0n) is 10.5. The summed E-state index contributed by atoms with van der Waals surface area (Å²) in [6, 6.07) is 19.7. The summed E-state index contributed by atoms with van der Waals surface area (Å²) in [7, 11) is 1.86. The molecule has 2 nitrogen and oxygen atoms in total. The minimum Gasteiger partial charge on any atom is -0.465 e. The van der Waals surface area contributed by atoms with E-state index >= 15 is 0 Å². The first-order valence-corrected chi connectivity index (χ1v) is 5.93. The van der Waals surface area contributed by atoms with Gasteiger partial charge in [-0.3, -0.25) is 5.32 Å². The van der Waals surface area contributed by atoms with Gasteiger partial charge in [-0.05, 0) is 25.3 Å². The van der Waals surface area contributed by atoms with E-state index in [2.05, 4.69) is 11.9 Å². The number of para-hydroxylation sites is 1. The fourth-order valence-electron chi connectivity index (χ4n) is 1.88. The number of hydrogen-bond acceptors (Lipinski definition) is 2. The number of ether oxygens (including phenoxy) is 1. The van der Waals surface area contributed by atoms with Gasteiger partial charge in [-0.1, -0.05) is 55.1 Å². The van der Waals surface area contributed by atoms with Crippen LogP contribution in [0.2, 0.25) is 0 Å². The lowest BCUT2D eigenvalue weighted by Gasteiger charge is -2.31. The third kappa shape index (κ3) is 2.44. The van der Waals surface area contributed by atoms with E-state index in [1.54, 1.807) is 6.08 Å². The molecule has 92 valence electrons. The number of likely N-dealkylation sites (N-methyl/N-ethyl adjacent to an activating group) is 1. The Morgan fingerprint density at radius 2 is 1.56 bits per heavy atom. The van der Waals surface area contributed by atoms with E-state index in [0.29, 0.717) is 0 Å². The van der Waals surface area contributed by atoms with E-state index in [0.717, 1.165) is 11.3 Å². The van der Waals surface area contributed by atoms with Crippen LogP contribution >= 0.6 is 0 Å². The zero-order chi connectivity index (χ0) is 12.8. The standard InChI is InChI=1S/C16H17NO/c1-3-16(17-2,14-10-6-4-7-11-14)18-15-12-8-5-9-13-15/h3-13,17H,1H2,2H3. The minimum atomic E-state index is -0.706. The predicted octanol–water partition coefficient (Wildman–Crippen LogP) is 3.32. The normalized spacial score (nSPS) is 13.6. The largest absolute Gasteiger partial charge is 0.465 e. The Hall–Kier alpha value is -2.06. The van der Waals surface area contributed by atoms with Crippen LogP contribution in [0.5, 0.6) is 5.75 Å². The maximum atomic E-state index is 6.06. The molecule has 0 aliphatic rings. The van der Waals surface area contributed by atoms with Crippen LogP contribution in [0, 0.1) is 0 Å². The van der Waals surface area contributed by atoms with Gasteiger partial charge in [0.25, 0.3) is 0 Å². The molecule has 2 heteroatoms. The van der Waals surface area contributed by atoms with Gasteiger partial charge in [0.05, 0.1) is 0 Å². The van der Waals surface area contributed by atoms with E-state index in [9.17, 15) is 0 Å². The maximum absolute atomic E-state index is 6.06. The molecule has 0 aliphatic heterocycles. The molecular formula is C16H17NO. The van der Waals surface area contributed by atoms with Crippen molar-refractivity contribution in [2.24, 2.45) is 0 Å². The highest BCUT2D eigenvalue weighted by atomic mass is 16.5. The highest BCUT2D eigenvalue weighted by molar-refractivity contribution is 5.30.